The van der Waals surface area contributed by atoms with Crippen LogP contribution in [0.2, 0.25) is 0 Å². The van der Waals surface area contributed by atoms with Crippen LogP contribution in [0.1, 0.15) is 12.5 Å². The summed E-state index contributed by atoms with van der Waals surface area (Å²) < 4.78 is 10.7. The zero-order chi connectivity index (χ0) is 13.2. The number of ether oxygens (including phenoxy) is 2. The third kappa shape index (κ3) is 2.07. The van der Waals surface area contributed by atoms with E-state index in [0.717, 1.165) is 5.56 Å². The van der Waals surface area contributed by atoms with Crippen molar-refractivity contribution in [1.82, 2.24) is 0 Å². The fraction of sp³-hybridized carbons (Fsp3) is 0.231. The predicted octanol–water partition coefficient (Wildman–Crippen LogP) is 2.83. The molecule has 18 heavy (non-hydrogen) atoms. The number of nitro groups is 1. The molecule has 2 rings (SSSR count). The summed E-state index contributed by atoms with van der Waals surface area (Å²) in [4.78, 5) is 10.6. The van der Waals surface area contributed by atoms with Crippen molar-refractivity contribution in [3.05, 3.63) is 58.2 Å². The van der Waals surface area contributed by atoms with Crippen LogP contribution in [0.5, 0.6) is 11.5 Å². The summed E-state index contributed by atoms with van der Waals surface area (Å²) in [6.07, 6.45) is 6.24. The molecule has 1 aromatic carbocycles. The normalized spacial score (nSPS) is 21.9. The summed E-state index contributed by atoms with van der Waals surface area (Å²) in [5.41, 5.74) is 0.953. The zero-order valence-electron chi connectivity index (χ0n) is 10.1. The predicted molar refractivity (Wildman–Crippen MR) is 66.1 cm³/mol. The van der Waals surface area contributed by atoms with Crippen LogP contribution in [-0.4, -0.2) is 10.8 Å². The number of allylic oxidation sites excluding steroid dienone is 3. The van der Waals surface area contributed by atoms with Crippen molar-refractivity contribution < 1.29 is 14.4 Å². The molecule has 0 aromatic heterocycles. The zero-order valence-corrected chi connectivity index (χ0v) is 10.1. The third-order valence-electron chi connectivity index (χ3n) is 2.48. The van der Waals surface area contributed by atoms with Crippen molar-refractivity contribution in [3.8, 4) is 11.5 Å². The maximum Gasteiger partial charge on any atom is 0.549 e. The van der Waals surface area contributed by atoms with Crippen LogP contribution in [0.25, 0.3) is 0 Å². The summed E-state index contributed by atoms with van der Waals surface area (Å²) in [7, 11) is 0. The standard InChI is InChI=1S/C13H13NO4/c1-3-4-5-8-13(14(15)16)17-11-7-6-10(2)9-12(11)18-13/h3-9H,1-2H3/b4-3+,8-5+. The van der Waals surface area contributed by atoms with E-state index in [4.69, 9.17) is 9.47 Å². The summed E-state index contributed by atoms with van der Waals surface area (Å²) in [6, 6.07) is 5.19. The summed E-state index contributed by atoms with van der Waals surface area (Å²) >= 11 is 0. The molecule has 94 valence electrons. The van der Waals surface area contributed by atoms with E-state index in [9.17, 15) is 10.1 Å². The van der Waals surface area contributed by atoms with Crippen LogP contribution in [0.15, 0.2) is 42.5 Å². The summed E-state index contributed by atoms with van der Waals surface area (Å²) in [5.74, 6) is -1.20. The quantitative estimate of drug-likeness (QED) is 0.468. The van der Waals surface area contributed by atoms with Gasteiger partial charge in [-0.25, -0.2) is 0 Å². The molecule has 1 aromatic rings. The fourth-order valence-electron chi connectivity index (χ4n) is 1.61. The molecule has 1 heterocycles. The average Bonchev–Trinajstić information content (AvgIpc) is 2.68. The Morgan fingerprint density at radius 2 is 2.00 bits per heavy atom. The van der Waals surface area contributed by atoms with Gasteiger partial charge in [-0.15, -0.1) is 0 Å². The second kappa shape index (κ2) is 4.52. The van der Waals surface area contributed by atoms with Gasteiger partial charge in [0.1, 0.15) is 4.92 Å². The highest BCUT2D eigenvalue weighted by Crippen LogP contribution is 2.40. The van der Waals surface area contributed by atoms with E-state index in [2.05, 4.69) is 0 Å². The number of nitrogens with zero attached hydrogens (tertiary/aromatic N) is 1. The van der Waals surface area contributed by atoms with Crippen molar-refractivity contribution in [2.45, 2.75) is 19.8 Å². The molecule has 1 unspecified atom stereocenters. The maximum absolute atomic E-state index is 11.2. The summed E-state index contributed by atoms with van der Waals surface area (Å²) in [5, 5.41) is 11.2. The molecule has 0 aliphatic carbocycles. The molecule has 5 heteroatoms. The number of hydrogen-bond donors (Lipinski definition) is 0. The van der Waals surface area contributed by atoms with Gasteiger partial charge in [0.2, 0.25) is 0 Å². The fourth-order valence-corrected chi connectivity index (χ4v) is 1.61. The van der Waals surface area contributed by atoms with E-state index in [1.54, 1.807) is 24.3 Å². The van der Waals surface area contributed by atoms with Gasteiger partial charge < -0.3 is 9.47 Å². The number of aryl methyl sites for hydroxylation is 1. The van der Waals surface area contributed by atoms with E-state index in [1.807, 2.05) is 19.9 Å². The first-order chi connectivity index (χ1) is 8.57. The third-order valence-corrected chi connectivity index (χ3v) is 2.48. The minimum absolute atomic E-state index is 0.377. The Bertz CT molecular complexity index is 536. The van der Waals surface area contributed by atoms with Crippen molar-refractivity contribution in [3.63, 3.8) is 0 Å². The lowest BCUT2D eigenvalue weighted by molar-refractivity contribution is -0.640. The topological polar surface area (TPSA) is 61.6 Å². The van der Waals surface area contributed by atoms with E-state index < -0.39 is 10.8 Å². The number of benzene rings is 1. The van der Waals surface area contributed by atoms with Crippen LogP contribution in [0, 0.1) is 17.0 Å². The lowest BCUT2D eigenvalue weighted by Gasteiger charge is -2.13. The van der Waals surface area contributed by atoms with Gasteiger partial charge in [0.25, 0.3) is 0 Å². The molecule has 0 amide bonds. The van der Waals surface area contributed by atoms with Crippen molar-refractivity contribution >= 4 is 0 Å². The Labute approximate surface area is 104 Å². The van der Waals surface area contributed by atoms with Crippen molar-refractivity contribution in [1.29, 1.82) is 0 Å². The molecular formula is C13H13NO4. The first-order valence-corrected chi connectivity index (χ1v) is 5.51. The first kappa shape index (κ1) is 12.2. The van der Waals surface area contributed by atoms with Crippen LogP contribution >= 0.6 is 0 Å². The SMILES string of the molecule is C/C=C/C=C/C1([N+](=O)[O-])Oc2ccc(C)cc2O1. The van der Waals surface area contributed by atoms with Crippen LogP contribution in [-0.2, 0) is 0 Å². The highest BCUT2D eigenvalue weighted by Gasteiger charge is 2.52. The van der Waals surface area contributed by atoms with Crippen LogP contribution in [0.4, 0.5) is 0 Å². The van der Waals surface area contributed by atoms with Gasteiger partial charge in [-0.1, -0.05) is 24.3 Å². The van der Waals surface area contributed by atoms with Gasteiger partial charge in [0.15, 0.2) is 11.5 Å². The molecule has 1 aliphatic rings. The van der Waals surface area contributed by atoms with Gasteiger partial charge in [0, 0.05) is 0 Å². The van der Waals surface area contributed by atoms with Gasteiger partial charge in [-0.3, -0.25) is 10.1 Å². The Morgan fingerprint density at radius 3 is 2.67 bits per heavy atom. The molecule has 0 bridgehead atoms. The Kier molecular flexibility index (Phi) is 3.06. The largest absolute Gasteiger partial charge is 0.549 e. The van der Waals surface area contributed by atoms with Gasteiger partial charge >= 0.3 is 5.91 Å². The smallest absolute Gasteiger partial charge is 0.388 e. The van der Waals surface area contributed by atoms with Gasteiger partial charge in [-0.05, 0) is 31.5 Å². The highest BCUT2D eigenvalue weighted by molar-refractivity contribution is 5.45. The second-order valence-corrected chi connectivity index (χ2v) is 3.93. The summed E-state index contributed by atoms with van der Waals surface area (Å²) in [6.45, 7) is 3.70. The molecular weight excluding hydrogens is 234 g/mol. The molecule has 0 saturated carbocycles. The molecule has 0 fully saturated rings. The Balaban J connectivity index is 2.35. The Morgan fingerprint density at radius 1 is 1.28 bits per heavy atom. The minimum Gasteiger partial charge on any atom is -0.388 e. The van der Waals surface area contributed by atoms with E-state index >= 15 is 0 Å². The monoisotopic (exact) mass is 247 g/mol. The Hall–Kier alpha value is -2.30. The molecule has 0 N–H and O–H groups in total. The molecule has 0 spiro atoms. The van der Waals surface area contributed by atoms with Crippen molar-refractivity contribution in [2.24, 2.45) is 0 Å². The maximum atomic E-state index is 11.2. The van der Waals surface area contributed by atoms with Gasteiger partial charge in [0.05, 0.1) is 6.08 Å². The minimum atomic E-state index is -1.96. The number of rotatable bonds is 3. The van der Waals surface area contributed by atoms with Crippen molar-refractivity contribution in [2.75, 3.05) is 0 Å². The lowest BCUT2D eigenvalue weighted by atomic mass is 10.2. The second-order valence-electron chi connectivity index (χ2n) is 3.93. The lowest BCUT2D eigenvalue weighted by Crippen LogP contribution is -2.44. The molecule has 0 radical (unpaired) electrons. The van der Waals surface area contributed by atoms with E-state index in [-0.39, 0.29) is 0 Å². The molecule has 0 saturated heterocycles. The first-order valence-electron chi connectivity index (χ1n) is 5.51. The number of fused-ring (bicyclic) bond motifs is 1. The molecule has 1 aliphatic heterocycles. The van der Waals surface area contributed by atoms with Crippen LogP contribution < -0.4 is 9.47 Å². The molecule has 1 atom stereocenters. The highest BCUT2D eigenvalue weighted by atomic mass is 16.8. The average molecular weight is 247 g/mol. The van der Waals surface area contributed by atoms with E-state index in [1.165, 1.54) is 12.2 Å². The van der Waals surface area contributed by atoms with Gasteiger partial charge in [-0.2, -0.15) is 0 Å². The van der Waals surface area contributed by atoms with Crippen LogP contribution in [0.3, 0.4) is 0 Å². The molecule has 5 nitrogen and oxygen atoms in total. The van der Waals surface area contributed by atoms with E-state index in [0.29, 0.717) is 11.5 Å². The number of hydrogen-bond acceptors (Lipinski definition) is 4.